The molecule has 0 spiro atoms. The molecule has 1 N–H and O–H groups in total. The second-order valence-electron chi connectivity index (χ2n) is 2.99. The standard InChI is InChI=1S/C5H12N2O.CHF3O3S/c1-6(2)5(8)7(3)4;2-1(3,4)8(5,6)7/h1-4H3;(H,5,6,7). The number of aliphatic hydroxyl groups is 1. The molecule has 0 aromatic carbocycles. The zero-order valence-corrected chi connectivity index (χ0v) is 9.93. The molecule has 0 aliphatic carbocycles. The fourth-order valence-corrected chi connectivity index (χ4v) is 0.400. The SMILES string of the molecule is CN(C)C(O)=[N+](C)C.O=S(=O)([O-])C(F)(F)F. The summed E-state index contributed by atoms with van der Waals surface area (Å²) in [7, 11) is 1.06. The number of nitrogens with zero attached hydrogens (tertiary/aromatic N) is 2. The molecule has 0 bridgehead atoms. The molecule has 0 heterocycles. The van der Waals surface area contributed by atoms with Crippen LogP contribution in [0, 0.1) is 0 Å². The Morgan fingerprint density at radius 1 is 1.31 bits per heavy atom. The van der Waals surface area contributed by atoms with Crippen molar-refractivity contribution in [3.8, 4) is 0 Å². The maximum atomic E-state index is 10.7. The lowest BCUT2D eigenvalue weighted by atomic mass is 10.8. The Morgan fingerprint density at radius 2 is 1.56 bits per heavy atom. The lowest BCUT2D eigenvalue weighted by molar-refractivity contribution is -0.479. The van der Waals surface area contributed by atoms with E-state index in [0.717, 1.165) is 0 Å². The first-order chi connectivity index (χ1) is 6.80. The van der Waals surface area contributed by atoms with Crippen molar-refractivity contribution in [2.75, 3.05) is 28.2 Å². The molecule has 16 heavy (non-hydrogen) atoms. The molecule has 0 radical (unpaired) electrons. The van der Waals surface area contributed by atoms with Gasteiger partial charge in [-0.3, -0.25) is 0 Å². The molecule has 98 valence electrons. The molecule has 0 aromatic rings. The van der Waals surface area contributed by atoms with E-state index in [2.05, 4.69) is 0 Å². The second kappa shape index (κ2) is 5.89. The van der Waals surface area contributed by atoms with Crippen molar-refractivity contribution >= 4 is 16.1 Å². The van der Waals surface area contributed by atoms with Gasteiger partial charge in [0, 0.05) is 0 Å². The fraction of sp³-hybridized carbons (Fsp3) is 0.833. The van der Waals surface area contributed by atoms with Gasteiger partial charge in [-0.1, -0.05) is 0 Å². The van der Waals surface area contributed by atoms with Crippen LogP contribution < -0.4 is 0 Å². The number of alkyl halides is 3. The molecule has 0 amide bonds. The highest BCUT2D eigenvalue weighted by molar-refractivity contribution is 7.86. The van der Waals surface area contributed by atoms with E-state index in [-0.39, 0.29) is 6.02 Å². The minimum Gasteiger partial charge on any atom is -0.741 e. The van der Waals surface area contributed by atoms with E-state index in [1.807, 2.05) is 0 Å². The summed E-state index contributed by atoms with van der Waals surface area (Å²) < 4.78 is 60.5. The van der Waals surface area contributed by atoms with Gasteiger partial charge in [-0.2, -0.15) is 13.2 Å². The first-order valence-electron chi connectivity index (χ1n) is 3.73. The molecule has 0 rings (SSSR count). The number of rotatable bonds is 0. The summed E-state index contributed by atoms with van der Waals surface area (Å²) in [6.07, 6.45) is 0. The van der Waals surface area contributed by atoms with Gasteiger partial charge in [0.05, 0.1) is 28.2 Å². The van der Waals surface area contributed by atoms with Crippen molar-refractivity contribution in [2.45, 2.75) is 5.51 Å². The molecule has 0 saturated heterocycles. The van der Waals surface area contributed by atoms with E-state index >= 15 is 0 Å². The summed E-state index contributed by atoms with van der Waals surface area (Å²) in [5, 5.41) is 8.97. The summed E-state index contributed by atoms with van der Waals surface area (Å²) in [5.41, 5.74) is -5.65. The van der Waals surface area contributed by atoms with E-state index in [1.165, 1.54) is 0 Å². The van der Waals surface area contributed by atoms with Crippen molar-refractivity contribution in [3.63, 3.8) is 0 Å². The maximum absolute atomic E-state index is 10.7. The van der Waals surface area contributed by atoms with Crippen LogP contribution >= 0.6 is 0 Å². The van der Waals surface area contributed by atoms with Crippen LogP contribution in [0.25, 0.3) is 0 Å². The van der Waals surface area contributed by atoms with Gasteiger partial charge in [-0.25, -0.2) is 17.9 Å². The molecule has 0 aromatic heterocycles. The van der Waals surface area contributed by atoms with E-state index < -0.39 is 15.6 Å². The highest BCUT2D eigenvalue weighted by Crippen LogP contribution is 2.20. The van der Waals surface area contributed by atoms with Gasteiger partial charge in [0.1, 0.15) is 0 Å². The van der Waals surface area contributed by atoms with Gasteiger partial charge in [0.2, 0.25) is 0 Å². The van der Waals surface area contributed by atoms with Crippen molar-refractivity contribution < 1.29 is 35.8 Å². The molecule has 10 heteroatoms. The maximum Gasteiger partial charge on any atom is 0.485 e. The molecule has 0 unspecified atom stereocenters. The van der Waals surface area contributed by atoms with Crippen molar-refractivity contribution in [2.24, 2.45) is 0 Å². The highest BCUT2D eigenvalue weighted by Gasteiger charge is 2.36. The molecule has 0 fully saturated rings. The lowest BCUT2D eigenvalue weighted by Gasteiger charge is -2.08. The number of halogens is 3. The average molecular weight is 266 g/mol. The third-order valence-corrected chi connectivity index (χ3v) is 1.65. The van der Waals surface area contributed by atoms with Crippen LogP contribution in [0.1, 0.15) is 0 Å². The van der Waals surface area contributed by atoms with Gasteiger partial charge in [0.15, 0.2) is 10.1 Å². The fourth-order valence-electron chi connectivity index (χ4n) is 0.400. The quantitative estimate of drug-likeness (QED) is 0.215. The van der Waals surface area contributed by atoms with Crippen LogP contribution in [0.15, 0.2) is 0 Å². The molecular formula is C6H13F3N2O4S. The highest BCUT2D eigenvalue weighted by atomic mass is 32.2. The largest absolute Gasteiger partial charge is 0.741 e. The van der Waals surface area contributed by atoms with Crippen molar-refractivity contribution in [1.82, 2.24) is 4.90 Å². The summed E-state index contributed by atoms with van der Waals surface area (Å²) in [4.78, 5) is 1.64. The van der Waals surface area contributed by atoms with Crippen molar-refractivity contribution in [1.29, 1.82) is 0 Å². The summed E-state index contributed by atoms with van der Waals surface area (Å²) in [6, 6.07) is 0.269. The molecule has 0 aliphatic rings. The second-order valence-corrected chi connectivity index (χ2v) is 4.36. The van der Waals surface area contributed by atoms with Gasteiger partial charge >= 0.3 is 11.5 Å². The first kappa shape index (κ1) is 17.4. The Morgan fingerprint density at radius 3 is 1.56 bits per heavy atom. The smallest absolute Gasteiger partial charge is 0.485 e. The van der Waals surface area contributed by atoms with Crippen LogP contribution in [0.4, 0.5) is 13.2 Å². The monoisotopic (exact) mass is 266 g/mol. The zero-order valence-electron chi connectivity index (χ0n) is 9.11. The molecule has 6 nitrogen and oxygen atoms in total. The Labute approximate surface area is 91.4 Å². The Hall–Kier alpha value is -1.03. The van der Waals surface area contributed by atoms with Gasteiger partial charge in [-0.15, -0.1) is 0 Å². The van der Waals surface area contributed by atoms with Crippen LogP contribution in [0.2, 0.25) is 0 Å². The first-order valence-corrected chi connectivity index (χ1v) is 5.14. The summed E-state index contributed by atoms with van der Waals surface area (Å²) in [6.45, 7) is 0. The van der Waals surface area contributed by atoms with Crippen LogP contribution in [0.5, 0.6) is 0 Å². The Balaban J connectivity index is 0. The zero-order chi connectivity index (χ0) is 13.7. The molecule has 0 saturated carbocycles. The van der Waals surface area contributed by atoms with E-state index in [9.17, 15) is 13.2 Å². The van der Waals surface area contributed by atoms with E-state index in [1.54, 1.807) is 37.7 Å². The topological polar surface area (TPSA) is 83.7 Å². The third-order valence-electron chi connectivity index (χ3n) is 1.08. The Bertz CT molecular complexity index is 343. The van der Waals surface area contributed by atoms with Crippen LogP contribution in [-0.4, -0.2) is 67.3 Å². The molecular weight excluding hydrogens is 253 g/mol. The van der Waals surface area contributed by atoms with Gasteiger partial charge in [0.25, 0.3) is 0 Å². The predicted octanol–water partition coefficient (Wildman–Crippen LogP) is -0.214. The Kier molecular flexibility index (Phi) is 6.40. The number of hydrogen-bond acceptors (Lipinski definition) is 3. The van der Waals surface area contributed by atoms with E-state index in [0.29, 0.717) is 0 Å². The number of aliphatic hydroxyl groups excluding tert-OH is 1. The number of amidine groups is 1. The number of hydrogen-bond donors (Lipinski definition) is 1. The lowest BCUT2D eigenvalue weighted by Crippen LogP contribution is -2.28. The van der Waals surface area contributed by atoms with E-state index in [4.69, 9.17) is 18.1 Å². The normalized spacial score (nSPS) is 11.2. The van der Waals surface area contributed by atoms with Crippen LogP contribution in [0.3, 0.4) is 0 Å². The van der Waals surface area contributed by atoms with Gasteiger partial charge < -0.3 is 9.66 Å². The van der Waals surface area contributed by atoms with Crippen molar-refractivity contribution in [3.05, 3.63) is 0 Å². The summed E-state index contributed by atoms with van der Waals surface area (Å²) >= 11 is 0. The summed E-state index contributed by atoms with van der Waals surface area (Å²) in [5.74, 6) is 0. The molecule has 0 aliphatic heterocycles. The minimum absolute atomic E-state index is 0.269. The van der Waals surface area contributed by atoms with Crippen LogP contribution in [-0.2, 0) is 10.1 Å². The van der Waals surface area contributed by atoms with Gasteiger partial charge in [-0.05, 0) is 0 Å². The average Bonchev–Trinajstić information content (AvgIpc) is 1.99. The predicted molar refractivity (Wildman–Crippen MR) is 49.2 cm³/mol. The third kappa shape index (κ3) is 7.29. The molecule has 0 atom stereocenters. The minimum atomic E-state index is -6.09.